The highest BCUT2D eigenvalue weighted by molar-refractivity contribution is 6.16. The number of fused-ring (bicyclic) bond motifs is 9. The third kappa shape index (κ3) is 4.44. The number of hydrogen-bond donors (Lipinski definition) is 1. The normalized spacial score (nSPS) is 22.6. The van der Waals surface area contributed by atoms with Crippen LogP contribution in [0.2, 0.25) is 0 Å². The van der Waals surface area contributed by atoms with Gasteiger partial charge in [-0.1, -0.05) is 36.4 Å². The molecule has 1 N–H and O–H groups in total. The van der Waals surface area contributed by atoms with Gasteiger partial charge in [0.15, 0.2) is 0 Å². The summed E-state index contributed by atoms with van der Waals surface area (Å²) in [5.74, 6) is 0.545. The van der Waals surface area contributed by atoms with Crippen molar-refractivity contribution in [2.24, 2.45) is 5.92 Å². The molecule has 7 rings (SSSR count). The highest BCUT2D eigenvalue weighted by atomic mass is 16.2. The van der Waals surface area contributed by atoms with Crippen molar-refractivity contribution in [3.63, 3.8) is 0 Å². The number of carbonyl (C=O) groups excluding carboxylic acids is 3. The number of pyridine rings is 1. The molecule has 0 unspecified atom stereocenters. The Kier molecular flexibility index (Phi) is 6.46. The van der Waals surface area contributed by atoms with Crippen LogP contribution in [0, 0.1) is 5.92 Å². The second-order valence-electron chi connectivity index (χ2n) is 11.6. The third-order valence-corrected chi connectivity index (χ3v) is 8.99. The number of nitrogens with zero attached hydrogens (tertiary/aromatic N) is 4. The molecular formula is C32H33N5O4. The standard InChI is InChI=1S/C32H33N5O4/c38-28(33-14-16-34-18-21-17-22(20-34)26-11-5-13-29(39)36(26)19-21)12-6-15-35-30-23-7-1-2-8-24(23)32(41)37(30)27-10-4-3-9-25(27)31(35)40/h1-5,7-11,13,21-22,30H,6,12,14-20H2,(H,33,38)/t21-,22+,30-/m1/s1. The lowest BCUT2D eigenvalue weighted by Gasteiger charge is -2.42. The van der Waals surface area contributed by atoms with E-state index in [-0.39, 0.29) is 23.3 Å². The summed E-state index contributed by atoms with van der Waals surface area (Å²) < 4.78 is 1.93. The fourth-order valence-electron chi connectivity index (χ4n) is 7.23. The van der Waals surface area contributed by atoms with Crippen molar-refractivity contribution in [3.05, 3.63) is 99.5 Å². The van der Waals surface area contributed by atoms with Gasteiger partial charge in [0.05, 0.1) is 11.3 Å². The molecule has 3 atom stereocenters. The van der Waals surface area contributed by atoms with Gasteiger partial charge in [-0.3, -0.25) is 24.1 Å². The maximum absolute atomic E-state index is 13.5. The largest absolute Gasteiger partial charge is 0.355 e. The second kappa shape index (κ2) is 10.3. The van der Waals surface area contributed by atoms with Crippen molar-refractivity contribution >= 4 is 23.4 Å². The maximum atomic E-state index is 13.5. The molecular weight excluding hydrogens is 518 g/mol. The molecule has 1 fully saturated rings. The number of nitrogens with one attached hydrogen (secondary N) is 1. The number of piperidine rings is 1. The molecule has 3 aromatic rings. The zero-order chi connectivity index (χ0) is 28.1. The van der Waals surface area contributed by atoms with E-state index >= 15 is 0 Å². The van der Waals surface area contributed by atoms with E-state index in [1.165, 1.54) is 0 Å². The first-order valence-corrected chi connectivity index (χ1v) is 14.5. The van der Waals surface area contributed by atoms with Crippen LogP contribution in [-0.2, 0) is 11.3 Å². The quantitative estimate of drug-likeness (QED) is 0.487. The summed E-state index contributed by atoms with van der Waals surface area (Å²) in [4.78, 5) is 57.7. The predicted molar refractivity (Wildman–Crippen MR) is 154 cm³/mol. The van der Waals surface area contributed by atoms with Crippen LogP contribution in [0.1, 0.15) is 63.3 Å². The van der Waals surface area contributed by atoms with Crippen LogP contribution in [0.4, 0.5) is 5.69 Å². The first kappa shape index (κ1) is 25.7. The van der Waals surface area contributed by atoms with Gasteiger partial charge in [0.25, 0.3) is 17.4 Å². The average molecular weight is 552 g/mol. The molecule has 9 heteroatoms. The molecule has 2 bridgehead atoms. The zero-order valence-electron chi connectivity index (χ0n) is 22.9. The van der Waals surface area contributed by atoms with Gasteiger partial charge in [0.2, 0.25) is 5.91 Å². The van der Waals surface area contributed by atoms with E-state index in [4.69, 9.17) is 0 Å². The number of rotatable bonds is 7. The molecule has 0 aliphatic carbocycles. The van der Waals surface area contributed by atoms with E-state index < -0.39 is 6.17 Å². The maximum Gasteiger partial charge on any atom is 0.260 e. The summed E-state index contributed by atoms with van der Waals surface area (Å²) >= 11 is 0. The Labute approximate surface area is 238 Å². The minimum atomic E-state index is -0.497. The Morgan fingerprint density at radius 2 is 1.63 bits per heavy atom. The summed E-state index contributed by atoms with van der Waals surface area (Å²) in [6.45, 7) is 4.30. The van der Waals surface area contributed by atoms with Crippen molar-refractivity contribution in [1.82, 2.24) is 19.7 Å². The lowest BCUT2D eigenvalue weighted by atomic mass is 9.83. The number of benzene rings is 2. The molecule has 5 heterocycles. The van der Waals surface area contributed by atoms with E-state index in [1.807, 2.05) is 53.1 Å². The first-order valence-electron chi connectivity index (χ1n) is 14.5. The van der Waals surface area contributed by atoms with Crippen LogP contribution < -0.4 is 15.8 Å². The Bertz CT molecular complexity index is 1600. The Morgan fingerprint density at radius 1 is 0.829 bits per heavy atom. The van der Waals surface area contributed by atoms with Crippen LogP contribution in [0.3, 0.4) is 0 Å². The van der Waals surface area contributed by atoms with Crippen molar-refractivity contribution in [2.75, 3.05) is 37.6 Å². The van der Waals surface area contributed by atoms with Gasteiger partial charge in [-0.25, -0.2) is 0 Å². The second-order valence-corrected chi connectivity index (χ2v) is 11.6. The molecule has 41 heavy (non-hydrogen) atoms. The van der Waals surface area contributed by atoms with Gasteiger partial charge < -0.3 is 19.7 Å². The molecule has 4 aliphatic heterocycles. The molecule has 2 aromatic carbocycles. The van der Waals surface area contributed by atoms with Crippen molar-refractivity contribution < 1.29 is 14.4 Å². The molecule has 3 amide bonds. The van der Waals surface area contributed by atoms with Crippen molar-refractivity contribution in [1.29, 1.82) is 0 Å². The summed E-state index contributed by atoms with van der Waals surface area (Å²) in [5.41, 5.74) is 3.79. The number of likely N-dealkylation sites (tertiary alicyclic amines) is 1. The molecule has 0 spiro atoms. The van der Waals surface area contributed by atoms with Crippen LogP contribution in [0.15, 0.2) is 71.5 Å². The minimum Gasteiger partial charge on any atom is -0.355 e. The number of carbonyl (C=O) groups is 3. The minimum absolute atomic E-state index is 0.0382. The van der Waals surface area contributed by atoms with Gasteiger partial charge in [-0.15, -0.1) is 0 Å². The fourth-order valence-corrected chi connectivity index (χ4v) is 7.23. The summed E-state index contributed by atoms with van der Waals surface area (Å²) in [7, 11) is 0. The number of aromatic nitrogens is 1. The van der Waals surface area contributed by atoms with Gasteiger partial charge in [-0.2, -0.15) is 0 Å². The van der Waals surface area contributed by atoms with E-state index in [0.717, 1.165) is 43.9 Å². The van der Waals surface area contributed by atoms with Crippen LogP contribution >= 0.6 is 0 Å². The number of anilines is 1. The number of para-hydroxylation sites is 1. The van der Waals surface area contributed by atoms with Gasteiger partial charge in [-0.05, 0) is 43.0 Å². The molecule has 1 aromatic heterocycles. The highest BCUT2D eigenvalue weighted by Gasteiger charge is 2.47. The van der Waals surface area contributed by atoms with E-state index in [0.29, 0.717) is 54.6 Å². The van der Waals surface area contributed by atoms with E-state index in [9.17, 15) is 19.2 Å². The average Bonchev–Trinajstić information content (AvgIpc) is 3.28. The van der Waals surface area contributed by atoms with Crippen LogP contribution in [0.25, 0.3) is 0 Å². The van der Waals surface area contributed by atoms with Gasteiger partial charge in [0, 0.05) is 74.5 Å². The summed E-state index contributed by atoms with van der Waals surface area (Å²) in [6.07, 6.45) is 1.42. The number of hydrogen-bond acceptors (Lipinski definition) is 5. The molecule has 1 saturated heterocycles. The predicted octanol–water partition coefficient (Wildman–Crippen LogP) is 2.98. The SMILES string of the molecule is O=C(CCCN1C(=O)c2ccccc2N2C(=O)c3ccccc3[C@H]12)NCCN1C[C@H]2C[C@@H](C1)c1cccc(=O)n1C2. The van der Waals surface area contributed by atoms with Crippen molar-refractivity contribution in [3.8, 4) is 0 Å². The molecule has 210 valence electrons. The Morgan fingerprint density at radius 3 is 2.51 bits per heavy atom. The highest BCUT2D eigenvalue weighted by Crippen LogP contribution is 2.45. The lowest BCUT2D eigenvalue weighted by Crippen LogP contribution is -2.49. The van der Waals surface area contributed by atoms with Crippen molar-refractivity contribution in [2.45, 2.75) is 37.9 Å². The molecule has 9 nitrogen and oxygen atoms in total. The molecule has 0 radical (unpaired) electrons. The monoisotopic (exact) mass is 551 g/mol. The Balaban J connectivity index is 0.950. The Hall–Kier alpha value is -4.24. The van der Waals surface area contributed by atoms with Gasteiger partial charge >= 0.3 is 0 Å². The third-order valence-electron chi connectivity index (χ3n) is 8.99. The topological polar surface area (TPSA) is 95.0 Å². The van der Waals surface area contributed by atoms with Gasteiger partial charge in [0.1, 0.15) is 6.17 Å². The molecule has 4 aliphatic rings. The van der Waals surface area contributed by atoms with E-state index in [1.54, 1.807) is 21.9 Å². The van der Waals surface area contributed by atoms with Crippen LogP contribution in [-0.4, -0.2) is 64.8 Å². The summed E-state index contributed by atoms with van der Waals surface area (Å²) in [5, 5.41) is 3.05. The number of amides is 3. The fraction of sp³-hybridized carbons (Fsp3) is 0.375. The van der Waals surface area contributed by atoms with E-state index in [2.05, 4.69) is 16.3 Å². The smallest absolute Gasteiger partial charge is 0.260 e. The molecule has 0 saturated carbocycles. The van der Waals surface area contributed by atoms with Crippen LogP contribution in [0.5, 0.6) is 0 Å². The lowest BCUT2D eigenvalue weighted by molar-refractivity contribution is -0.121. The first-order chi connectivity index (χ1) is 20.0. The zero-order valence-corrected chi connectivity index (χ0v) is 22.9. The summed E-state index contributed by atoms with van der Waals surface area (Å²) in [6, 6.07) is 20.2.